The maximum Gasteiger partial charge on any atom is 0.262 e. The highest BCUT2D eigenvalue weighted by Crippen LogP contribution is 2.26. The molecule has 0 aliphatic rings. The fourth-order valence-electron chi connectivity index (χ4n) is 0.960. The molecule has 1 aromatic heterocycles. The molecular weight excluding hydrogens is 234 g/mol. The van der Waals surface area contributed by atoms with Crippen LogP contribution < -0.4 is 5.32 Å². The molecule has 3 nitrogen and oxygen atoms in total. The third kappa shape index (κ3) is 3.48. The van der Waals surface area contributed by atoms with Gasteiger partial charge in [0.2, 0.25) is 0 Å². The highest BCUT2D eigenvalue weighted by molar-refractivity contribution is 7.13. The van der Waals surface area contributed by atoms with Crippen LogP contribution in [0, 0.1) is 6.92 Å². The SMILES string of the molecule is Cc1csc(C(=O)NCC(C)(C)O)c1Cl. The van der Waals surface area contributed by atoms with E-state index in [4.69, 9.17) is 11.6 Å². The van der Waals surface area contributed by atoms with E-state index in [0.29, 0.717) is 9.90 Å². The summed E-state index contributed by atoms with van der Waals surface area (Å²) in [7, 11) is 0. The zero-order valence-corrected chi connectivity index (χ0v) is 10.5. The molecule has 0 fully saturated rings. The van der Waals surface area contributed by atoms with Gasteiger partial charge in [-0.25, -0.2) is 0 Å². The van der Waals surface area contributed by atoms with Crippen LogP contribution in [0.4, 0.5) is 0 Å². The standard InChI is InChI=1S/C10H14ClNO2S/c1-6-4-15-8(7(6)11)9(13)12-5-10(2,3)14/h4,14H,5H2,1-3H3,(H,12,13). The molecule has 84 valence electrons. The number of amides is 1. The molecule has 0 spiro atoms. The Bertz CT molecular complexity index is 368. The van der Waals surface area contributed by atoms with Crippen LogP contribution in [-0.2, 0) is 0 Å². The molecule has 0 aromatic carbocycles. The van der Waals surface area contributed by atoms with E-state index in [1.165, 1.54) is 11.3 Å². The molecule has 1 amide bonds. The van der Waals surface area contributed by atoms with Gasteiger partial charge in [0.1, 0.15) is 4.88 Å². The fourth-order valence-corrected chi connectivity index (χ4v) is 2.15. The summed E-state index contributed by atoms with van der Waals surface area (Å²) in [4.78, 5) is 12.1. The van der Waals surface area contributed by atoms with Crippen LogP contribution in [0.25, 0.3) is 0 Å². The summed E-state index contributed by atoms with van der Waals surface area (Å²) in [5, 5.41) is 14.4. The van der Waals surface area contributed by atoms with E-state index in [1.54, 1.807) is 13.8 Å². The van der Waals surface area contributed by atoms with Crippen LogP contribution in [0.2, 0.25) is 5.02 Å². The van der Waals surface area contributed by atoms with Crippen LogP contribution >= 0.6 is 22.9 Å². The molecule has 15 heavy (non-hydrogen) atoms. The number of carbonyl (C=O) groups is 1. The first kappa shape index (κ1) is 12.5. The summed E-state index contributed by atoms with van der Waals surface area (Å²) in [5.74, 6) is -0.236. The minimum Gasteiger partial charge on any atom is -0.389 e. The fraction of sp³-hybridized carbons (Fsp3) is 0.500. The highest BCUT2D eigenvalue weighted by atomic mass is 35.5. The van der Waals surface area contributed by atoms with Gasteiger partial charge in [0.25, 0.3) is 5.91 Å². The predicted octanol–water partition coefficient (Wildman–Crippen LogP) is 2.21. The average molecular weight is 248 g/mol. The van der Waals surface area contributed by atoms with E-state index in [2.05, 4.69) is 5.32 Å². The van der Waals surface area contributed by atoms with Crippen molar-refractivity contribution in [1.82, 2.24) is 5.32 Å². The molecule has 0 unspecified atom stereocenters. The summed E-state index contributed by atoms with van der Waals surface area (Å²) in [5.41, 5.74) is -0.0101. The van der Waals surface area contributed by atoms with Crippen LogP contribution in [0.3, 0.4) is 0 Å². The Balaban J connectivity index is 2.66. The largest absolute Gasteiger partial charge is 0.389 e. The molecule has 1 rings (SSSR count). The number of aryl methyl sites for hydroxylation is 1. The second-order valence-electron chi connectivity index (χ2n) is 4.06. The molecule has 2 N–H and O–H groups in total. The van der Waals surface area contributed by atoms with Gasteiger partial charge in [0.05, 0.1) is 10.6 Å². The van der Waals surface area contributed by atoms with Gasteiger partial charge >= 0.3 is 0 Å². The van der Waals surface area contributed by atoms with Crippen LogP contribution in [0.5, 0.6) is 0 Å². The Morgan fingerprint density at radius 2 is 2.27 bits per heavy atom. The summed E-state index contributed by atoms with van der Waals surface area (Å²) in [6.07, 6.45) is 0. The van der Waals surface area contributed by atoms with E-state index < -0.39 is 5.60 Å². The summed E-state index contributed by atoms with van der Waals surface area (Å²) < 4.78 is 0. The van der Waals surface area contributed by atoms with Crippen molar-refractivity contribution >= 4 is 28.8 Å². The number of hydrogen-bond donors (Lipinski definition) is 2. The predicted molar refractivity (Wildman–Crippen MR) is 62.7 cm³/mol. The van der Waals surface area contributed by atoms with Crippen LogP contribution in [-0.4, -0.2) is 23.2 Å². The van der Waals surface area contributed by atoms with Crippen molar-refractivity contribution in [3.8, 4) is 0 Å². The summed E-state index contributed by atoms with van der Waals surface area (Å²) >= 11 is 7.25. The number of aliphatic hydroxyl groups is 1. The molecule has 0 saturated carbocycles. The van der Waals surface area contributed by atoms with Crippen molar-refractivity contribution in [2.75, 3.05) is 6.54 Å². The van der Waals surface area contributed by atoms with Crippen molar-refractivity contribution in [2.24, 2.45) is 0 Å². The van der Waals surface area contributed by atoms with E-state index in [-0.39, 0.29) is 12.5 Å². The monoisotopic (exact) mass is 247 g/mol. The van der Waals surface area contributed by atoms with Gasteiger partial charge in [-0.3, -0.25) is 4.79 Å². The molecule has 0 aliphatic heterocycles. The molecule has 0 aliphatic carbocycles. The lowest BCUT2D eigenvalue weighted by Gasteiger charge is -2.17. The molecule has 0 saturated heterocycles. The van der Waals surface area contributed by atoms with Gasteiger partial charge in [-0.05, 0) is 31.7 Å². The third-order valence-corrected chi connectivity index (χ3v) is 3.48. The molecule has 5 heteroatoms. The van der Waals surface area contributed by atoms with Gasteiger partial charge in [-0.1, -0.05) is 11.6 Å². The van der Waals surface area contributed by atoms with Gasteiger partial charge in [-0.2, -0.15) is 0 Å². The lowest BCUT2D eigenvalue weighted by molar-refractivity contribution is 0.0696. The topological polar surface area (TPSA) is 49.3 Å². The minimum absolute atomic E-state index is 0.207. The van der Waals surface area contributed by atoms with Crippen LogP contribution in [0.15, 0.2) is 5.38 Å². The molecule has 1 aromatic rings. The van der Waals surface area contributed by atoms with E-state index in [1.807, 2.05) is 12.3 Å². The minimum atomic E-state index is -0.908. The average Bonchev–Trinajstić information content (AvgIpc) is 2.43. The van der Waals surface area contributed by atoms with Gasteiger partial charge in [0.15, 0.2) is 0 Å². The number of nitrogens with one attached hydrogen (secondary N) is 1. The smallest absolute Gasteiger partial charge is 0.262 e. The van der Waals surface area contributed by atoms with Crippen molar-refractivity contribution < 1.29 is 9.90 Å². The zero-order valence-electron chi connectivity index (χ0n) is 8.93. The maximum absolute atomic E-state index is 11.6. The number of carbonyl (C=O) groups excluding carboxylic acids is 1. The number of thiophene rings is 1. The second kappa shape index (κ2) is 4.51. The van der Waals surface area contributed by atoms with Crippen molar-refractivity contribution in [3.05, 3.63) is 20.8 Å². The molecule has 0 atom stereocenters. The first-order chi connectivity index (χ1) is 6.81. The zero-order chi connectivity index (χ0) is 11.6. The normalized spacial score (nSPS) is 11.5. The Morgan fingerprint density at radius 3 is 2.67 bits per heavy atom. The van der Waals surface area contributed by atoms with E-state index in [9.17, 15) is 9.90 Å². The number of rotatable bonds is 3. The Hall–Kier alpha value is -0.580. The Morgan fingerprint density at radius 1 is 1.67 bits per heavy atom. The first-order valence-electron chi connectivity index (χ1n) is 4.55. The maximum atomic E-state index is 11.6. The van der Waals surface area contributed by atoms with Crippen molar-refractivity contribution in [1.29, 1.82) is 0 Å². The number of halogens is 1. The van der Waals surface area contributed by atoms with Gasteiger partial charge in [-0.15, -0.1) is 11.3 Å². The first-order valence-corrected chi connectivity index (χ1v) is 5.81. The molecule has 0 radical (unpaired) electrons. The van der Waals surface area contributed by atoms with Crippen molar-refractivity contribution in [3.63, 3.8) is 0 Å². The summed E-state index contributed by atoms with van der Waals surface area (Å²) in [6, 6.07) is 0. The lowest BCUT2D eigenvalue weighted by atomic mass is 10.1. The quantitative estimate of drug-likeness (QED) is 0.861. The van der Waals surface area contributed by atoms with Crippen molar-refractivity contribution in [2.45, 2.75) is 26.4 Å². The summed E-state index contributed by atoms with van der Waals surface area (Å²) in [6.45, 7) is 5.33. The van der Waals surface area contributed by atoms with E-state index >= 15 is 0 Å². The van der Waals surface area contributed by atoms with Crippen LogP contribution in [0.1, 0.15) is 29.1 Å². The molecule has 1 heterocycles. The Labute approximate surface area is 98.1 Å². The van der Waals surface area contributed by atoms with Gasteiger partial charge in [0, 0.05) is 6.54 Å². The lowest BCUT2D eigenvalue weighted by Crippen LogP contribution is -2.37. The molecular formula is C10H14ClNO2S. The third-order valence-electron chi connectivity index (χ3n) is 1.79. The van der Waals surface area contributed by atoms with Gasteiger partial charge < -0.3 is 10.4 Å². The Kier molecular flexibility index (Phi) is 3.76. The van der Waals surface area contributed by atoms with E-state index in [0.717, 1.165) is 5.56 Å². The highest BCUT2D eigenvalue weighted by Gasteiger charge is 2.18. The number of hydrogen-bond acceptors (Lipinski definition) is 3. The molecule has 0 bridgehead atoms. The second-order valence-corrected chi connectivity index (χ2v) is 5.31.